The first-order valence-electron chi connectivity index (χ1n) is 3.36. The monoisotopic (exact) mass is 413 g/mol. The van der Waals surface area contributed by atoms with Crippen molar-refractivity contribution in [3.63, 3.8) is 0 Å². The van der Waals surface area contributed by atoms with Crippen molar-refractivity contribution in [1.29, 1.82) is 0 Å². The van der Waals surface area contributed by atoms with Crippen molar-refractivity contribution in [3.8, 4) is 0 Å². The Morgan fingerprint density at radius 3 is 2.58 bits per heavy atom. The van der Waals surface area contributed by atoms with Gasteiger partial charge in [-0.1, -0.05) is 11.8 Å². The van der Waals surface area contributed by atoms with Gasteiger partial charge in [0, 0.05) is 37.7 Å². The van der Waals surface area contributed by atoms with Crippen LogP contribution in [0.15, 0.2) is 0 Å². The molecule has 2 amide bonds. The van der Waals surface area contributed by atoms with E-state index in [0.29, 0.717) is 12.8 Å². The van der Waals surface area contributed by atoms with E-state index in [9.17, 15) is 9.59 Å². The average molecular weight is 413 g/mol. The van der Waals surface area contributed by atoms with Crippen LogP contribution < -0.4 is 5.32 Å². The Bertz CT molecular complexity index is 188. The number of nitrogens with one attached hydrogen (secondary N) is 1. The van der Waals surface area contributed by atoms with E-state index in [2.05, 4.69) is 5.32 Å². The van der Waals surface area contributed by atoms with Crippen LogP contribution in [-0.4, -0.2) is 28.1 Å². The van der Waals surface area contributed by atoms with Gasteiger partial charge in [-0.15, -0.1) is 0 Å². The topological polar surface area (TPSA) is 66.4 Å². The zero-order valence-electron chi connectivity index (χ0n) is 6.37. The van der Waals surface area contributed by atoms with E-state index >= 15 is 0 Å². The molecule has 1 aliphatic heterocycles. The molecule has 0 aromatic rings. The van der Waals surface area contributed by atoms with Gasteiger partial charge in [0.05, 0.1) is 5.25 Å². The Labute approximate surface area is 98.2 Å². The molecular weight excluding hydrogens is 404 g/mol. The maximum atomic E-state index is 10.9. The van der Waals surface area contributed by atoms with Crippen molar-refractivity contribution in [2.24, 2.45) is 0 Å². The maximum Gasteiger partial charge on any atom is 0.286 e. The van der Waals surface area contributed by atoms with Gasteiger partial charge in [-0.3, -0.25) is 14.9 Å². The molecule has 1 rings (SSSR count). The van der Waals surface area contributed by atoms with Crippen LogP contribution in [0.3, 0.4) is 0 Å². The fourth-order valence-corrected chi connectivity index (χ4v) is 1.73. The summed E-state index contributed by atoms with van der Waals surface area (Å²) in [4.78, 5) is 21.5. The van der Waals surface area contributed by atoms with Gasteiger partial charge in [0.25, 0.3) is 5.24 Å². The number of thioether (sulfide) groups is 1. The van der Waals surface area contributed by atoms with Crippen molar-refractivity contribution >= 4 is 22.9 Å². The third-order valence-electron chi connectivity index (χ3n) is 1.39. The Kier molecular flexibility index (Phi) is 6.28. The second kappa shape index (κ2) is 6.03. The summed E-state index contributed by atoms with van der Waals surface area (Å²) in [6.07, 6.45) is 1.14. The van der Waals surface area contributed by atoms with Gasteiger partial charge >= 0.3 is 0 Å². The van der Waals surface area contributed by atoms with Crippen molar-refractivity contribution in [2.45, 2.75) is 18.1 Å². The average Bonchev–Trinajstić information content (AvgIpc) is 2.26. The van der Waals surface area contributed by atoms with Crippen molar-refractivity contribution in [1.82, 2.24) is 5.32 Å². The minimum atomic E-state index is -0.283. The summed E-state index contributed by atoms with van der Waals surface area (Å²) in [5.74, 6) is -0.228. The maximum absolute atomic E-state index is 10.9. The first-order chi connectivity index (χ1) is 5.24. The third-order valence-corrected chi connectivity index (χ3v) is 2.44. The van der Waals surface area contributed by atoms with Crippen LogP contribution in [0.4, 0.5) is 4.79 Å². The molecule has 6 heteroatoms. The number of rotatable bonds is 3. The molecule has 0 spiro atoms. The first-order valence-corrected chi connectivity index (χ1v) is 4.24. The van der Waals surface area contributed by atoms with Crippen LogP contribution in [-0.2, 0) is 4.79 Å². The summed E-state index contributed by atoms with van der Waals surface area (Å²) in [7, 11) is 0. The fourth-order valence-electron chi connectivity index (χ4n) is 0.860. The van der Waals surface area contributed by atoms with Crippen LogP contribution in [0.1, 0.15) is 12.8 Å². The zero-order chi connectivity index (χ0) is 8.27. The number of carbonyl (C=O) groups is 2. The molecular formula is C6H9NO3SU. The van der Waals surface area contributed by atoms with Crippen LogP contribution in [0.25, 0.3) is 0 Å². The molecule has 1 saturated heterocycles. The molecule has 1 atom stereocenters. The van der Waals surface area contributed by atoms with Crippen molar-refractivity contribution < 1.29 is 45.8 Å². The van der Waals surface area contributed by atoms with Gasteiger partial charge in [-0.05, 0) is 12.8 Å². The molecule has 0 bridgehead atoms. The molecule has 66 valence electrons. The Hall–Kier alpha value is 0.502. The minimum Gasteiger partial charge on any atom is -0.396 e. The molecule has 0 aromatic carbocycles. The number of imide groups is 1. The van der Waals surface area contributed by atoms with E-state index in [1.165, 1.54) is 0 Å². The molecule has 4 nitrogen and oxygen atoms in total. The fraction of sp³-hybridized carbons (Fsp3) is 0.667. The zero-order valence-corrected chi connectivity index (χ0v) is 11.4. The van der Waals surface area contributed by atoms with Gasteiger partial charge in [0.15, 0.2) is 0 Å². The Morgan fingerprint density at radius 1 is 1.50 bits per heavy atom. The van der Waals surface area contributed by atoms with Crippen molar-refractivity contribution in [3.05, 3.63) is 0 Å². The number of carbonyl (C=O) groups excluding carboxylic acids is 2. The predicted molar refractivity (Wildman–Crippen MR) is 41.2 cm³/mol. The third kappa shape index (κ3) is 3.48. The van der Waals surface area contributed by atoms with Gasteiger partial charge in [-0.2, -0.15) is 0 Å². The van der Waals surface area contributed by atoms with E-state index < -0.39 is 0 Å². The summed E-state index contributed by atoms with van der Waals surface area (Å²) < 4.78 is 0. The van der Waals surface area contributed by atoms with Crippen LogP contribution >= 0.6 is 11.8 Å². The smallest absolute Gasteiger partial charge is 0.286 e. The van der Waals surface area contributed by atoms with E-state index in [1.54, 1.807) is 0 Å². The van der Waals surface area contributed by atoms with Crippen LogP contribution in [0.2, 0.25) is 0 Å². The number of aliphatic hydroxyl groups is 1. The van der Waals surface area contributed by atoms with Gasteiger partial charge in [-0.25, -0.2) is 0 Å². The SMILES string of the molecule is O=C1NC(=O)C(CCCO)S1.[U]. The van der Waals surface area contributed by atoms with Crippen LogP contribution in [0.5, 0.6) is 0 Å². The minimum absolute atomic E-state index is 0. The number of hydrogen-bond donors (Lipinski definition) is 2. The molecule has 1 unspecified atom stereocenters. The summed E-state index contributed by atoms with van der Waals surface area (Å²) in [6.45, 7) is 0.0680. The molecule has 0 saturated carbocycles. The van der Waals surface area contributed by atoms with Crippen molar-refractivity contribution in [2.75, 3.05) is 6.61 Å². The molecule has 1 fully saturated rings. The first kappa shape index (κ1) is 12.5. The number of amides is 2. The van der Waals surface area contributed by atoms with Gasteiger partial charge in [0.1, 0.15) is 0 Å². The summed E-state index contributed by atoms with van der Waals surface area (Å²) in [5.41, 5.74) is 0. The summed E-state index contributed by atoms with van der Waals surface area (Å²) in [5, 5.41) is 10.1. The number of aliphatic hydroxyl groups excluding tert-OH is 1. The van der Waals surface area contributed by atoms with E-state index in [4.69, 9.17) is 5.11 Å². The van der Waals surface area contributed by atoms with E-state index in [1.807, 2.05) is 0 Å². The Morgan fingerprint density at radius 2 is 2.17 bits per heavy atom. The van der Waals surface area contributed by atoms with E-state index in [0.717, 1.165) is 11.8 Å². The normalized spacial score (nSPS) is 21.9. The molecule has 2 N–H and O–H groups in total. The van der Waals surface area contributed by atoms with E-state index in [-0.39, 0.29) is 54.1 Å². The second-order valence-electron chi connectivity index (χ2n) is 2.25. The Balaban J connectivity index is 0.00000121. The predicted octanol–water partition coefficient (Wildman–Crippen LogP) is 0.110. The standard InChI is InChI=1S/C6H9NO3S.U/c8-3-1-2-4-5(9)7-6(10)11-4;/h4,8H,1-3H2,(H,7,9,10);. The van der Waals surface area contributed by atoms with Crippen LogP contribution in [0, 0.1) is 31.1 Å². The molecule has 12 heavy (non-hydrogen) atoms. The second-order valence-corrected chi connectivity index (χ2v) is 3.42. The molecule has 1 heterocycles. The molecule has 0 aliphatic carbocycles. The summed E-state index contributed by atoms with van der Waals surface area (Å²) in [6, 6.07) is 0. The summed E-state index contributed by atoms with van der Waals surface area (Å²) >= 11 is 1.00. The van der Waals surface area contributed by atoms with Gasteiger partial charge < -0.3 is 5.11 Å². The number of hydrogen-bond acceptors (Lipinski definition) is 4. The quantitative estimate of drug-likeness (QED) is 0.690. The van der Waals surface area contributed by atoms with Gasteiger partial charge in [0.2, 0.25) is 5.91 Å². The largest absolute Gasteiger partial charge is 0.396 e. The molecule has 0 aromatic heterocycles. The molecule has 1 aliphatic rings. The molecule has 0 radical (unpaired) electrons.